The molecule has 1 aromatic rings. The maximum atomic E-state index is 12.7. The van der Waals surface area contributed by atoms with Crippen LogP contribution in [0.4, 0.5) is 0 Å². The van der Waals surface area contributed by atoms with Crippen molar-refractivity contribution in [2.45, 2.75) is 63.9 Å². The van der Waals surface area contributed by atoms with Crippen molar-refractivity contribution in [3.63, 3.8) is 0 Å². The first-order valence-electron chi connectivity index (χ1n) is 10.1. The van der Waals surface area contributed by atoms with E-state index in [-0.39, 0.29) is 23.7 Å². The largest absolute Gasteiger partial charge is 0.393 e. The molecule has 2 atom stereocenters. The number of aromatic nitrogens is 1. The van der Waals surface area contributed by atoms with Crippen molar-refractivity contribution in [3.05, 3.63) is 30.1 Å². The van der Waals surface area contributed by atoms with Gasteiger partial charge in [0.1, 0.15) is 0 Å². The molecule has 1 amide bonds. The summed E-state index contributed by atoms with van der Waals surface area (Å²) in [6, 6.07) is 3.95. The zero-order chi connectivity index (χ0) is 19.4. The third-order valence-electron chi connectivity index (χ3n) is 5.89. The Hall–Kier alpha value is -1.50. The lowest BCUT2D eigenvalue weighted by Crippen LogP contribution is -2.55. The molecule has 1 N–H and O–H groups in total. The Morgan fingerprint density at radius 3 is 2.67 bits per heavy atom. The Morgan fingerprint density at radius 2 is 2.04 bits per heavy atom. The highest BCUT2D eigenvalue weighted by Gasteiger charge is 2.44. The lowest BCUT2D eigenvalue weighted by Gasteiger charge is -2.49. The predicted octanol–water partition coefficient (Wildman–Crippen LogP) is 2.07. The normalized spacial score (nSPS) is 25.3. The van der Waals surface area contributed by atoms with Crippen LogP contribution in [0.5, 0.6) is 0 Å². The van der Waals surface area contributed by atoms with E-state index in [1.54, 1.807) is 12.4 Å². The number of aliphatic hydroxyl groups is 1. The van der Waals surface area contributed by atoms with Crippen LogP contribution < -0.4 is 0 Å². The number of hydrogen-bond donors (Lipinski definition) is 1. The van der Waals surface area contributed by atoms with Crippen LogP contribution in [0.15, 0.2) is 24.5 Å². The minimum Gasteiger partial charge on any atom is -0.393 e. The van der Waals surface area contributed by atoms with Crippen LogP contribution in [-0.2, 0) is 16.1 Å². The molecule has 0 aromatic carbocycles. The standard InChI is InChI=1S/C21H33N3O3/c1-16(2)19-12-18(25)13-21(27-19)6-10-24(11-7-21)20(26)15-23(3)14-17-4-8-22-9-5-17/h4-5,8-9,16,18-19,25H,6-7,10-15H2,1-3H3/t18-,19-/m1/s1. The molecule has 0 unspecified atom stereocenters. The summed E-state index contributed by atoms with van der Waals surface area (Å²) in [5.74, 6) is 0.566. The van der Waals surface area contributed by atoms with Crippen molar-refractivity contribution in [1.29, 1.82) is 0 Å². The lowest BCUT2D eigenvalue weighted by atomic mass is 9.80. The first kappa shape index (κ1) is 20.2. The van der Waals surface area contributed by atoms with Gasteiger partial charge in [0.15, 0.2) is 0 Å². The molecule has 1 aromatic heterocycles. The lowest BCUT2D eigenvalue weighted by molar-refractivity contribution is -0.193. The molecule has 6 nitrogen and oxygen atoms in total. The number of carbonyl (C=O) groups excluding carboxylic acids is 1. The van der Waals surface area contributed by atoms with Gasteiger partial charge < -0.3 is 14.7 Å². The Kier molecular flexibility index (Phi) is 6.50. The van der Waals surface area contributed by atoms with Crippen LogP contribution in [0, 0.1) is 5.92 Å². The highest BCUT2D eigenvalue weighted by molar-refractivity contribution is 5.78. The average Bonchev–Trinajstić information content (AvgIpc) is 2.62. The summed E-state index contributed by atoms with van der Waals surface area (Å²) in [6.45, 7) is 6.85. The van der Waals surface area contributed by atoms with E-state index in [4.69, 9.17) is 4.74 Å². The zero-order valence-corrected chi connectivity index (χ0v) is 16.8. The molecule has 2 fully saturated rings. The van der Waals surface area contributed by atoms with Crippen molar-refractivity contribution >= 4 is 5.91 Å². The summed E-state index contributed by atoms with van der Waals surface area (Å²) in [6.07, 6.45) is 6.42. The van der Waals surface area contributed by atoms with Gasteiger partial charge in [-0.15, -0.1) is 0 Å². The van der Waals surface area contributed by atoms with Gasteiger partial charge in [0.05, 0.1) is 24.4 Å². The van der Waals surface area contributed by atoms with E-state index in [1.807, 2.05) is 29.0 Å². The summed E-state index contributed by atoms with van der Waals surface area (Å²) >= 11 is 0. The van der Waals surface area contributed by atoms with Crippen molar-refractivity contribution in [2.75, 3.05) is 26.7 Å². The smallest absolute Gasteiger partial charge is 0.236 e. The highest BCUT2D eigenvalue weighted by Crippen LogP contribution is 2.39. The number of nitrogens with zero attached hydrogens (tertiary/aromatic N) is 3. The van der Waals surface area contributed by atoms with Gasteiger partial charge in [-0.3, -0.25) is 14.7 Å². The summed E-state index contributed by atoms with van der Waals surface area (Å²) < 4.78 is 6.42. The summed E-state index contributed by atoms with van der Waals surface area (Å²) in [4.78, 5) is 20.7. The van der Waals surface area contributed by atoms with Gasteiger partial charge >= 0.3 is 0 Å². The molecule has 0 radical (unpaired) electrons. The molecule has 3 rings (SSSR count). The third kappa shape index (κ3) is 5.27. The number of likely N-dealkylation sites (N-methyl/N-ethyl adjacent to an activating group) is 1. The molecule has 0 saturated carbocycles. The van der Waals surface area contributed by atoms with Crippen molar-refractivity contribution < 1.29 is 14.6 Å². The molecule has 0 bridgehead atoms. The molecule has 27 heavy (non-hydrogen) atoms. The predicted molar refractivity (Wildman–Crippen MR) is 104 cm³/mol. The second-order valence-electron chi connectivity index (χ2n) is 8.59. The highest BCUT2D eigenvalue weighted by atomic mass is 16.5. The Morgan fingerprint density at radius 1 is 1.37 bits per heavy atom. The fraction of sp³-hybridized carbons (Fsp3) is 0.714. The molecule has 3 heterocycles. The van der Waals surface area contributed by atoms with Gasteiger partial charge in [-0.05, 0) is 49.9 Å². The number of hydrogen-bond acceptors (Lipinski definition) is 5. The fourth-order valence-electron chi connectivity index (χ4n) is 4.28. The van der Waals surface area contributed by atoms with Gasteiger partial charge in [0.2, 0.25) is 5.91 Å². The molecule has 2 saturated heterocycles. The van der Waals surface area contributed by atoms with Crippen molar-refractivity contribution in [2.24, 2.45) is 5.92 Å². The number of carbonyl (C=O) groups is 1. The van der Waals surface area contributed by atoms with E-state index in [0.29, 0.717) is 32.0 Å². The third-order valence-corrected chi connectivity index (χ3v) is 5.89. The minimum absolute atomic E-state index is 0.113. The quantitative estimate of drug-likeness (QED) is 0.853. The number of pyridine rings is 1. The number of piperidine rings is 1. The first-order chi connectivity index (χ1) is 12.9. The molecule has 2 aliphatic rings. The fourth-order valence-corrected chi connectivity index (χ4v) is 4.28. The second kappa shape index (κ2) is 8.67. The Bertz CT molecular complexity index is 614. The molecule has 150 valence electrons. The molecule has 2 aliphatic heterocycles. The Balaban J connectivity index is 1.50. The number of rotatable bonds is 5. The van der Waals surface area contributed by atoms with E-state index in [2.05, 4.69) is 18.8 Å². The van der Waals surface area contributed by atoms with Crippen LogP contribution in [0.2, 0.25) is 0 Å². The topological polar surface area (TPSA) is 65.9 Å². The minimum atomic E-state index is -0.292. The maximum absolute atomic E-state index is 12.7. The van der Waals surface area contributed by atoms with E-state index >= 15 is 0 Å². The van der Waals surface area contributed by atoms with Gasteiger partial charge in [-0.2, -0.15) is 0 Å². The van der Waals surface area contributed by atoms with E-state index in [0.717, 1.165) is 31.4 Å². The van der Waals surface area contributed by atoms with Gasteiger partial charge in [0, 0.05) is 38.4 Å². The SMILES string of the molecule is CC(C)[C@H]1C[C@@H](O)CC2(CCN(C(=O)CN(C)Cc3ccncc3)CC2)O1. The van der Waals surface area contributed by atoms with Crippen LogP contribution in [0.25, 0.3) is 0 Å². The van der Waals surface area contributed by atoms with E-state index < -0.39 is 0 Å². The van der Waals surface area contributed by atoms with Crippen molar-refractivity contribution in [3.8, 4) is 0 Å². The molecule has 0 aliphatic carbocycles. The maximum Gasteiger partial charge on any atom is 0.236 e. The van der Waals surface area contributed by atoms with Gasteiger partial charge in [0.25, 0.3) is 0 Å². The number of ether oxygens (including phenoxy) is 1. The van der Waals surface area contributed by atoms with E-state index in [9.17, 15) is 9.90 Å². The molecule has 6 heteroatoms. The van der Waals surface area contributed by atoms with Gasteiger partial charge in [-0.1, -0.05) is 13.8 Å². The van der Waals surface area contributed by atoms with Crippen molar-refractivity contribution in [1.82, 2.24) is 14.8 Å². The van der Waals surface area contributed by atoms with Crippen LogP contribution >= 0.6 is 0 Å². The summed E-state index contributed by atoms with van der Waals surface area (Å²) in [5, 5.41) is 10.3. The summed E-state index contributed by atoms with van der Waals surface area (Å²) in [7, 11) is 1.97. The average molecular weight is 376 g/mol. The second-order valence-corrected chi connectivity index (χ2v) is 8.59. The molecular weight excluding hydrogens is 342 g/mol. The molecular formula is C21H33N3O3. The number of aliphatic hydroxyl groups excluding tert-OH is 1. The molecule has 1 spiro atoms. The van der Waals surface area contributed by atoms with E-state index in [1.165, 1.54) is 0 Å². The summed E-state index contributed by atoms with van der Waals surface area (Å²) in [5.41, 5.74) is 0.897. The number of amides is 1. The van der Waals surface area contributed by atoms with Crippen LogP contribution in [-0.4, -0.2) is 70.3 Å². The van der Waals surface area contributed by atoms with Crippen LogP contribution in [0.1, 0.15) is 45.1 Å². The van der Waals surface area contributed by atoms with Crippen LogP contribution in [0.3, 0.4) is 0 Å². The number of likely N-dealkylation sites (tertiary alicyclic amines) is 1. The Labute approximate surface area is 162 Å². The monoisotopic (exact) mass is 375 g/mol. The first-order valence-corrected chi connectivity index (χ1v) is 10.1. The zero-order valence-electron chi connectivity index (χ0n) is 16.8. The van der Waals surface area contributed by atoms with Gasteiger partial charge in [-0.25, -0.2) is 0 Å².